The highest BCUT2D eigenvalue weighted by Crippen LogP contribution is 2.27. The topological polar surface area (TPSA) is 145 Å². The van der Waals surface area contributed by atoms with Crippen LogP contribution in [-0.4, -0.2) is 113 Å². The van der Waals surface area contributed by atoms with E-state index in [0.717, 1.165) is 32.4 Å². The van der Waals surface area contributed by atoms with Crippen molar-refractivity contribution in [3.05, 3.63) is 0 Å². The van der Waals surface area contributed by atoms with Gasteiger partial charge in [-0.25, -0.2) is 0 Å². The first-order chi connectivity index (χ1) is 19.9. The van der Waals surface area contributed by atoms with Gasteiger partial charge in [-0.15, -0.1) is 0 Å². The van der Waals surface area contributed by atoms with Crippen molar-refractivity contribution >= 4 is 23.7 Å². The van der Waals surface area contributed by atoms with Crippen LogP contribution in [-0.2, 0) is 38.1 Å². The molecule has 1 saturated heterocycles. The first kappa shape index (κ1) is 37.7. The molecule has 0 radical (unpaired) electrons. The Hall–Kier alpha value is -2.28. The smallest absolute Gasteiger partial charge is 0.302 e. The van der Waals surface area contributed by atoms with Crippen LogP contribution in [0.15, 0.2) is 0 Å². The zero-order valence-electron chi connectivity index (χ0n) is 26.9. The molecule has 1 fully saturated rings. The number of nitrogens with zero attached hydrogens (tertiary/aromatic N) is 1. The molecule has 0 aromatic heterocycles. The summed E-state index contributed by atoms with van der Waals surface area (Å²) in [5.41, 5.74) is -0.655. The van der Waals surface area contributed by atoms with Gasteiger partial charge in [0.1, 0.15) is 24.8 Å². The third-order valence-corrected chi connectivity index (χ3v) is 6.83. The first-order valence-electron chi connectivity index (χ1n) is 15.4. The molecule has 1 aliphatic heterocycles. The van der Waals surface area contributed by atoms with Crippen molar-refractivity contribution < 1.29 is 42.4 Å². The highest BCUT2D eigenvalue weighted by molar-refractivity contribution is 5.93. The quantitative estimate of drug-likeness (QED) is 0.132. The van der Waals surface area contributed by atoms with Gasteiger partial charge in [0.2, 0.25) is 17.7 Å². The number of esters is 1. The lowest BCUT2D eigenvalue weighted by molar-refractivity contribution is -0.147. The van der Waals surface area contributed by atoms with E-state index in [1.54, 1.807) is 0 Å². The van der Waals surface area contributed by atoms with E-state index in [-0.39, 0.29) is 36.4 Å². The molecule has 0 saturated carbocycles. The van der Waals surface area contributed by atoms with Gasteiger partial charge in [-0.2, -0.15) is 0 Å². The fraction of sp³-hybridized carbons (Fsp3) is 0.867. The van der Waals surface area contributed by atoms with Crippen molar-refractivity contribution in [2.75, 3.05) is 65.8 Å². The molecule has 0 bridgehead atoms. The summed E-state index contributed by atoms with van der Waals surface area (Å²) in [6.07, 6.45) is 2.67. The van der Waals surface area contributed by atoms with Crippen LogP contribution < -0.4 is 16.0 Å². The van der Waals surface area contributed by atoms with Crippen molar-refractivity contribution in [1.82, 2.24) is 20.9 Å². The van der Waals surface area contributed by atoms with Gasteiger partial charge in [0.15, 0.2) is 0 Å². The standard InChI is InChI=1S/C30H56N4O8.3H2/c1-8-10-22(3)19-32-28(37)25-18-24(42-23(4)35)20-34(25)29(38)27(30(5,6)7)33-26(36)21-41-17-16-40-15-14-39-13-12-31-11-9-2;;;/h22,24-25,27,31H,8-21H2,1-7H3,(H,32,37)(H,33,36);3*1H. The molecule has 12 nitrogen and oxygen atoms in total. The van der Waals surface area contributed by atoms with Gasteiger partial charge in [-0.05, 0) is 30.7 Å². The Bertz CT molecular complexity index is 836. The summed E-state index contributed by atoms with van der Waals surface area (Å²) in [5, 5.41) is 9.00. The monoisotopic (exact) mass is 606 g/mol. The maximum atomic E-state index is 13.8. The zero-order valence-corrected chi connectivity index (χ0v) is 26.9. The molecule has 0 aromatic rings. The molecule has 250 valence electrons. The Kier molecular flexibility index (Phi) is 18.5. The van der Waals surface area contributed by atoms with Gasteiger partial charge >= 0.3 is 5.97 Å². The number of carbonyl (C=O) groups excluding carboxylic acids is 4. The molecule has 3 N–H and O–H groups in total. The second-order valence-corrected chi connectivity index (χ2v) is 12.0. The van der Waals surface area contributed by atoms with E-state index in [9.17, 15) is 19.2 Å². The maximum absolute atomic E-state index is 13.8. The fourth-order valence-corrected chi connectivity index (χ4v) is 4.67. The maximum Gasteiger partial charge on any atom is 0.302 e. The lowest BCUT2D eigenvalue weighted by Gasteiger charge is -2.35. The van der Waals surface area contributed by atoms with Gasteiger partial charge in [0, 0.05) is 30.7 Å². The second-order valence-electron chi connectivity index (χ2n) is 12.0. The Morgan fingerprint density at radius 3 is 2.19 bits per heavy atom. The minimum Gasteiger partial charge on any atom is -0.461 e. The lowest BCUT2D eigenvalue weighted by Crippen LogP contribution is -2.58. The minimum absolute atomic E-state index is 0. The summed E-state index contributed by atoms with van der Waals surface area (Å²) in [6, 6.07) is -1.72. The van der Waals surface area contributed by atoms with Crippen molar-refractivity contribution in [2.45, 2.75) is 92.3 Å². The number of hydrogen-bond acceptors (Lipinski definition) is 9. The molecule has 1 heterocycles. The van der Waals surface area contributed by atoms with E-state index < -0.39 is 41.4 Å². The second kappa shape index (κ2) is 20.6. The molecular weight excluding hydrogens is 544 g/mol. The molecular formula is C30H62N4O8. The number of carbonyl (C=O) groups is 4. The average Bonchev–Trinajstić information content (AvgIpc) is 3.33. The highest BCUT2D eigenvalue weighted by Gasteiger charge is 2.45. The summed E-state index contributed by atoms with van der Waals surface area (Å²) < 4.78 is 21.7. The van der Waals surface area contributed by atoms with Crippen LogP contribution in [0.5, 0.6) is 0 Å². The first-order valence-corrected chi connectivity index (χ1v) is 15.4. The predicted octanol–water partition coefficient (Wildman–Crippen LogP) is 2.39. The summed E-state index contributed by atoms with van der Waals surface area (Å²) in [7, 11) is 0. The van der Waals surface area contributed by atoms with E-state index in [0.29, 0.717) is 38.9 Å². The molecule has 4 unspecified atom stereocenters. The number of ether oxygens (including phenoxy) is 4. The fourth-order valence-electron chi connectivity index (χ4n) is 4.67. The van der Waals surface area contributed by atoms with Crippen molar-refractivity contribution in [1.29, 1.82) is 0 Å². The number of likely N-dealkylation sites (tertiary alicyclic amines) is 1. The van der Waals surface area contributed by atoms with Crippen LogP contribution in [0.3, 0.4) is 0 Å². The van der Waals surface area contributed by atoms with Crippen LogP contribution in [0.2, 0.25) is 0 Å². The van der Waals surface area contributed by atoms with Gasteiger partial charge in [-0.1, -0.05) is 48.0 Å². The summed E-state index contributed by atoms with van der Waals surface area (Å²) in [6.45, 7) is 17.3. The number of nitrogens with one attached hydrogen (secondary N) is 3. The Morgan fingerprint density at radius 2 is 1.60 bits per heavy atom. The highest BCUT2D eigenvalue weighted by atomic mass is 16.5. The average molecular weight is 607 g/mol. The molecule has 4 atom stereocenters. The van der Waals surface area contributed by atoms with Gasteiger partial charge in [-0.3, -0.25) is 19.2 Å². The van der Waals surface area contributed by atoms with Crippen molar-refractivity contribution in [3.63, 3.8) is 0 Å². The third kappa shape index (κ3) is 15.3. The Balaban J connectivity index is -0.00000588. The Morgan fingerprint density at radius 1 is 0.952 bits per heavy atom. The van der Waals surface area contributed by atoms with E-state index >= 15 is 0 Å². The summed E-state index contributed by atoms with van der Waals surface area (Å²) in [4.78, 5) is 52.8. The van der Waals surface area contributed by atoms with Crippen molar-refractivity contribution in [3.8, 4) is 0 Å². The molecule has 1 aliphatic rings. The predicted molar refractivity (Wildman–Crippen MR) is 166 cm³/mol. The Labute approximate surface area is 256 Å². The van der Waals surface area contributed by atoms with Crippen LogP contribution in [0, 0.1) is 11.3 Å². The number of amides is 3. The molecule has 1 rings (SSSR count). The SMILES string of the molecule is CCCNCCOCCOCCOCC(=O)NC(C(=O)N1CC(OC(C)=O)CC1C(=O)NCC(C)CCC)C(C)(C)C.[HH].[HH].[HH]. The van der Waals surface area contributed by atoms with E-state index in [1.165, 1.54) is 11.8 Å². The largest absolute Gasteiger partial charge is 0.461 e. The normalized spacial score (nSPS) is 18.4. The van der Waals surface area contributed by atoms with E-state index in [1.807, 2.05) is 20.8 Å². The molecule has 0 aromatic carbocycles. The van der Waals surface area contributed by atoms with E-state index in [4.69, 9.17) is 18.9 Å². The third-order valence-electron chi connectivity index (χ3n) is 6.83. The molecule has 0 spiro atoms. The van der Waals surface area contributed by atoms with Crippen LogP contribution in [0.4, 0.5) is 0 Å². The van der Waals surface area contributed by atoms with Gasteiger partial charge in [0.05, 0.1) is 39.6 Å². The minimum atomic E-state index is -0.917. The zero-order chi connectivity index (χ0) is 31.5. The van der Waals surface area contributed by atoms with Crippen LogP contribution in [0.25, 0.3) is 0 Å². The number of hydrogen-bond donors (Lipinski definition) is 3. The molecule has 3 amide bonds. The molecule has 0 aliphatic carbocycles. The summed E-state index contributed by atoms with van der Waals surface area (Å²) in [5.74, 6) is -1.32. The van der Waals surface area contributed by atoms with Crippen LogP contribution in [0.1, 0.15) is 78.4 Å². The van der Waals surface area contributed by atoms with Gasteiger partial charge < -0.3 is 39.8 Å². The van der Waals surface area contributed by atoms with E-state index in [2.05, 4.69) is 36.7 Å². The number of rotatable bonds is 21. The van der Waals surface area contributed by atoms with Gasteiger partial charge in [0.25, 0.3) is 0 Å². The van der Waals surface area contributed by atoms with Crippen LogP contribution >= 0.6 is 0 Å². The van der Waals surface area contributed by atoms with Crippen molar-refractivity contribution in [2.24, 2.45) is 11.3 Å². The summed E-state index contributed by atoms with van der Waals surface area (Å²) >= 11 is 0. The molecule has 12 heteroatoms. The molecule has 42 heavy (non-hydrogen) atoms. The lowest BCUT2D eigenvalue weighted by atomic mass is 9.85.